The van der Waals surface area contributed by atoms with E-state index in [-0.39, 0.29) is 12.0 Å². The number of nitrogens with zero attached hydrogens (tertiary/aromatic N) is 1. The Labute approximate surface area is 57.7 Å². The van der Waals surface area contributed by atoms with Crippen molar-refractivity contribution in [3.05, 3.63) is 0 Å². The number of hydrogen-bond acceptors (Lipinski definition) is 4. The summed E-state index contributed by atoms with van der Waals surface area (Å²) in [5, 5.41) is 2.21. The van der Waals surface area contributed by atoms with Crippen LogP contribution in [0.1, 0.15) is 6.42 Å². The number of aliphatic imine (C=N–C) groups is 1. The zero-order valence-electron chi connectivity index (χ0n) is 4.66. The number of thiocarbonyl (C=S) groups is 1. The highest BCUT2D eigenvalue weighted by atomic mass is 32.1. The molecule has 0 aromatic carbocycles. The van der Waals surface area contributed by atoms with E-state index >= 15 is 0 Å². The van der Waals surface area contributed by atoms with Gasteiger partial charge in [-0.2, -0.15) is 0 Å². The average Bonchev–Trinajstić information content (AvgIpc) is 2.17. The standard InChI is InChI=1S/C5H5NO2S/c7-5-1-4(2-8-5)6-3-9/h4H,1-2H2. The average molecular weight is 143 g/mol. The Balaban J connectivity index is 2.48. The van der Waals surface area contributed by atoms with Crippen LogP contribution in [0.2, 0.25) is 0 Å². The van der Waals surface area contributed by atoms with Gasteiger partial charge in [0, 0.05) is 0 Å². The van der Waals surface area contributed by atoms with Crippen LogP contribution >= 0.6 is 12.2 Å². The summed E-state index contributed by atoms with van der Waals surface area (Å²) < 4.78 is 4.60. The predicted molar refractivity (Wildman–Crippen MR) is 34.4 cm³/mol. The highest BCUT2D eigenvalue weighted by Gasteiger charge is 2.22. The molecule has 0 bridgehead atoms. The highest BCUT2D eigenvalue weighted by Crippen LogP contribution is 2.08. The molecule has 1 heterocycles. The molecular formula is C5H5NO2S. The summed E-state index contributed by atoms with van der Waals surface area (Å²) in [4.78, 5) is 14.1. The summed E-state index contributed by atoms with van der Waals surface area (Å²) >= 11 is 4.34. The van der Waals surface area contributed by atoms with Crippen molar-refractivity contribution in [1.29, 1.82) is 0 Å². The zero-order chi connectivity index (χ0) is 6.69. The monoisotopic (exact) mass is 143 g/mol. The van der Waals surface area contributed by atoms with Crippen LogP contribution in [0.15, 0.2) is 4.99 Å². The minimum atomic E-state index is -0.200. The molecule has 1 aliphatic heterocycles. The first-order chi connectivity index (χ1) is 4.33. The molecule has 1 saturated heterocycles. The molecule has 4 heteroatoms. The second-order valence-corrected chi connectivity index (χ2v) is 1.94. The van der Waals surface area contributed by atoms with E-state index < -0.39 is 0 Å². The van der Waals surface area contributed by atoms with Gasteiger partial charge in [0.15, 0.2) is 0 Å². The number of carbonyl (C=O) groups is 1. The van der Waals surface area contributed by atoms with Crippen LogP contribution in [0, 0.1) is 0 Å². The molecule has 1 aliphatic rings. The minimum absolute atomic E-state index is 0.0741. The maximum atomic E-state index is 10.4. The van der Waals surface area contributed by atoms with Gasteiger partial charge in [-0.1, -0.05) is 0 Å². The molecule has 0 aliphatic carbocycles. The summed E-state index contributed by atoms with van der Waals surface area (Å²) in [6, 6.07) is -0.0741. The molecule has 9 heavy (non-hydrogen) atoms. The highest BCUT2D eigenvalue weighted by molar-refractivity contribution is 7.78. The van der Waals surface area contributed by atoms with Crippen molar-refractivity contribution in [3.8, 4) is 0 Å². The summed E-state index contributed by atoms with van der Waals surface area (Å²) in [5.41, 5.74) is 0. The van der Waals surface area contributed by atoms with Gasteiger partial charge in [-0.15, -0.1) is 0 Å². The van der Waals surface area contributed by atoms with Crippen molar-refractivity contribution in [2.75, 3.05) is 6.61 Å². The number of ether oxygens (including phenoxy) is 1. The molecule has 0 spiro atoms. The number of cyclic esters (lactones) is 1. The van der Waals surface area contributed by atoms with Crippen LogP contribution in [0.5, 0.6) is 0 Å². The molecule has 3 nitrogen and oxygen atoms in total. The Morgan fingerprint density at radius 1 is 1.89 bits per heavy atom. The quantitative estimate of drug-likeness (QED) is 0.303. The number of hydrogen-bond donors (Lipinski definition) is 0. The normalized spacial score (nSPS) is 24.9. The molecular weight excluding hydrogens is 138 g/mol. The van der Waals surface area contributed by atoms with Crippen LogP contribution in [-0.2, 0) is 9.53 Å². The van der Waals surface area contributed by atoms with Gasteiger partial charge in [0.1, 0.15) is 12.6 Å². The largest absolute Gasteiger partial charge is 0.463 e. The lowest BCUT2D eigenvalue weighted by Crippen LogP contribution is -2.00. The lowest BCUT2D eigenvalue weighted by atomic mass is 10.3. The number of carbonyl (C=O) groups excluding carboxylic acids is 1. The minimum Gasteiger partial charge on any atom is -0.463 e. The van der Waals surface area contributed by atoms with Crippen LogP contribution in [-0.4, -0.2) is 23.8 Å². The Morgan fingerprint density at radius 3 is 3.11 bits per heavy atom. The molecule has 1 atom stereocenters. The van der Waals surface area contributed by atoms with E-state index in [1.54, 1.807) is 0 Å². The number of rotatable bonds is 1. The fourth-order valence-corrected chi connectivity index (χ4v) is 0.806. The topological polar surface area (TPSA) is 38.7 Å². The number of esters is 1. The van der Waals surface area contributed by atoms with Crippen molar-refractivity contribution >= 4 is 23.3 Å². The van der Waals surface area contributed by atoms with E-state index in [0.29, 0.717) is 13.0 Å². The van der Waals surface area contributed by atoms with Gasteiger partial charge in [0.25, 0.3) is 0 Å². The molecule has 0 saturated carbocycles. The molecule has 1 unspecified atom stereocenters. The fourth-order valence-electron chi connectivity index (χ4n) is 0.657. The van der Waals surface area contributed by atoms with Gasteiger partial charge >= 0.3 is 5.97 Å². The lowest BCUT2D eigenvalue weighted by molar-refractivity contribution is -0.137. The second-order valence-electron chi connectivity index (χ2n) is 1.76. The molecule has 1 fully saturated rings. The third kappa shape index (κ3) is 1.59. The van der Waals surface area contributed by atoms with Crippen molar-refractivity contribution in [1.82, 2.24) is 0 Å². The molecule has 0 aromatic rings. The van der Waals surface area contributed by atoms with E-state index in [1.165, 1.54) is 0 Å². The Kier molecular flexibility index (Phi) is 1.92. The van der Waals surface area contributed by atoms with Gasteiger partial charge in [-0.3, -0.25) is 4.79 Å². The first kappa shape index (κ1) is 6.39. The first-order valence-corrected chi connectivity index (χ1v) is 2.96. The number of isothiocyanates is 1. The Bertz CT molecular complexity index is 174. The molecule has 0 N–H and O–H groups in total. The second kappa shape index (κ2) is 2.71. The third-order valence-corrected chi connectivity index (χ3v) is 1.18. The van der Waals surface area contributed by atoms with E-state index in [4.69, 9.17) is 0 Å². The Morgan fingerprint density at radius 2 is 2.67 bits per heavy atom. The van der Waals surface area contributed by atoms with Gasteiger partial charge in [-0.25, -0.2) is 4.99 Å². The smallest absolute Gasteiger partial charge is 0.308 e. The zero-order valence-corrected chi connectivity index (χ0v) is 5.48. The summed E-state index contributed by atoms with van der Waals surface area (Å²) in [6.45, 7) is 0.364. The van der Waals surface area contributed by atoms with Crippen LogP contribution in [0.25, 0.3) is 0 Å². The maximum absolute atomic E-state index is 10.4. The van der Waals surface area contributed by atoms with Crippen LogP contribution in [0.4, 0.5) is 0 Å². The molecule has 0 amide bonds. The van der Waals surface area contributed by atoms with E-state index in [9.17, 15) is 4.79 Å². The van der Waals surface area contributed by atoms with Crippen LogP contribution in [0.3, 0.4) is 0 Å². The molecule has 0 aromatic heterocycles. The molecule has 1 rings (SSSR count). The van der Waals surface area contributed by atoms with E-state index in [2.05, 4.69) is 27.1 Å². The lowest BCUT2D eigenvalue weighted by Gasteiger charge is -1.89. The van der Waals surface area contributed by atoms with Gasteiger partial charge < -0.3 is 4.74 Å². The Hall–Kier alpha value is -0.730. The van der Waals surface area contributed by atoms with Crippen molar-refractivity contribution in [2.24, 2.45) is 4.99 Å². The SMILES string of the molecule is O=C1CC(N=C=S)CO1. The van der Waals surface area contributed by atoms with Crippen molar-refractivity contribution < 1.29 is 9.53 Å². The van der Waals surface area contributed by atoms with Gasteiger partial charge in [0.05, 0.1) is 11.6 Å². The van der Waals surface area contributed by atoms with Gasteiger partial charge in [0.2, 0.25) is 0 Å². The van der Waals surface area contributed by atoms with E-state index in [0.717, 1.165) is 0 Å². The third-order valence-electron chi connectivity index (χ3n) is 1.07. The van der Waals surface area contributed by atoms with E-state index in [1.807, 2.05) is 0 Å². The molecule has 0 radical (unpaired) electrons. The summed E-state index contributed by atoms with van der Waals surface area (Å²) in [6.07, 6.45) is 0.351. The fraction of sp³-hybridized carbons (Fsp3) is 0.600. The summed E-state index contributed by atoms with van der Waals surface area (Å²) in [5.74, 6) is -0.200. The maximum Gasteiger partial charge on any atom is 0.308 e. The predicted octanol–water partition coefficient (Wildman–Crippen LogP) is 0.405. The first-order valence-electron chi connectivity index (χ1n) is 2.55. The van der Waals surface area contributed by atoms with Gasteiger partial charge in [-0.05, 0) is 12.2 Å². The van der Waals surface area contributed by atoms with Crippen LogP contribution < -0.4 is 0 Å². The summed E-state index contributed by atoms with van der Waals surface area (Å²) in [7, 11) is 0. The van der Waals surface area contributed by atoms with Crippen molar-refractivity contribution in [2.45, 2.75) is 12.5 Å². The molecule has 48 valence electrons. The van der Waals surface area contributed by atoms with Crippen molar-refractivity contribution in [3.63, 3.8) is 0 Å².